The van der Waals surface area contributed by atoms with E-state index in [0.29, 0.717) is 0 Å². The van der Waals surface area contributed by atoms with Crippen LogP contribution in [-0.2, 0) is 0 Å². The van der Waals surface area contributed by atoms with E-state index in [1.165, 1.54) is 12.0 Å². The van der Waals surface area contributed by atoms with E-state index in [9.17, 15) is 0 Å². The first-order valence-corrected chi connectivity index (χ1v) is 6.12. The van der Waals surface area contributed by atoms with Gasteiger partial charge in [-0.1, -0.05) is 0 Å². The molecule has 0 spiro atoms. The van der Waals surface area contributed by atoms with Crippen LogP contribution in [0.4, 0.5) is 5.82 Å². The van der Waals surface area contributed by atoms with E-state index in [1.54, 1.807) is 0 Å². The summed E-state index contributed by atoms with van der Waals surface area (Å²) >= 11 is 3.41. The molecule has 1 aliphatic heterocycles. The third kappa shape index (κ3) is 2.92. The average Bonchev–Trinajstić information content (AvgIpc) is 2.69. The van der Waals surface area contributed by atoms with Crippen molar-refractivity contribution in [2.45, 2.75) is 13.3 Å². The molecular weight excluding hydrogens is 254 g/mol. The molecule has 1 aromatic heterocycles. The maximum absolute atomic E-state index is 4.36. The van der Waals surface area contributed by atoms with E-state index < -0.39 is 0 Å². The Morgan fingerprint density at radius 1 is 1.67 bits per heavy atom. The second-order valence-corrected chi connectivity index (χ2v) is 4.97. The van der Waals surface area contributed by atoms with Gasteiger partial charge >= 0.3 is 0 Å². The van der Waals surface area contributed by atoms with Gasteiger partial charge in [-0.15, -0.1) is 0 Å². The fourth-order valence-corrected chi connectivity index (χ4v) is 2.30. The molecule has 1 atom stereocenters. The van der Waals surface area contributed by atoms with Gasteiger partial charge in [-0.05, 0) is 59.9 Å². The van der Waals surface area contributed by atoms with Crippen LogP contribution in [0, 0.1) is 12.8 Å². The highest BCUT2D eigenvalue weighted by Gasteiger charge is 2.14. The number of halogens is 1. The van der Waals surface area contributed by atoms with Gasteiger partial charge in [-0.25, -0.2) is 4.98 Å². The van der Waals surface area contributed by atoms with Crippen LogP contribution in [0.5, 0.6) is 0 Å². The summed E-state index contributed by atoms with van der Waals surface area (Å²) in [6.07, 6.45) is 3.10. The van der Waals surface area contributed by atoms with Crippen LogP contribution in [0.25, 0.3) is 0 Å². The zero-order valence-corrected chi connectivity index (χ0v) is 10.5. The standard InChI is InChI=1S/C11H16BrN3/c1-8-4-10(12)7-15-11(8)14-6-9-2-3-13-5-9/h4,7,9,13H,2-3,5-6H2,1H3,(H,14,15). The molecule has 0 amide bonds. The largest absolute Gasteiger partial charge is 0.370 e. The second kappa shape index (κ2) is 4.94. The first-order chi connectivity index (χ1) is 7.25. The summed E-state index contributed by atoms with van der Waals surface area (Å²) in [7, 11) is 0. The third-order valence-corrected chi connectivity index (χ3v) is 3.20. The van der Waals surface area contributed by atoms with Crippen molar-refractivity contribution in [2.24, 2.45) is 5.92 Å². The van der Waals surface area contributed by atoms with Crippen molar-refractivity contribution < 1.29 is 0 Å². The van der Waals surface area contributed by atoms with E-state index in [0.717, 1.165) is 35.8 Å². The number of nitrogens with one attached hydrogen (secondary N) is 2. The molecule has 2 rings (SSSR count). The Kier molecular flexibility index (Phi) is 3.59. The van der Waals surface area contributed by atoms with Gasteiger partial charge in [-0.3, -0.25) is 0 Å². The van der Waals surface area contributed by atoms with Crippen LogP contribution < -0.4 is 10.6 Å². The van der Waals surface area contributed by atoms with E-state index in [-0.39, 0.29) is 0 Å². The molecule has 1 aliphatic rings. The summed E-state index contributed by atoms with van der Waals surface area (Å²) < 4.78 is 1.04. The zero-order valence-electron chi connectivity index (χ0n) is 8.89. The normalized spacial score (nSPS) is 20.5. The lowest BCUT2D eigenvalue weighted by atomic mass is 10.1. The molecular formula is C11H16BrN3. The number of hydrogen-bond donors (Lipinski definition) is 2. The van der Waals surface area contributed by atoms with Gasteiger partial charge < -0.3 is 10.6 Å². The summed E-state index contributed by atoms with van der Waals surface area (Å²) in [6.45, 7) is 5.37. The predicted molar refractivity (Wildman–Crippen MR) is 66.1 cm³/mol. The smallest absolute Gasteiger partial charge is 0.128 e. The van der Waals surface area contributed by atoms with Crippen molar-refractivity contribution in [3.05, 3.63) is 22.3 Å². The van der Waals surface area contributed by atoms with Crippen LogP contribution in [0.3, 0.4) is 0 Å². The summed E-state index contributed by atoms with van der Waals surface area (Å²) in [5.41, 5.74) is 1.19. The maximum atomic E-state index is 4.36. The molecule has 0 bridgehead atoms. The van der Waals surface area contributed by atoms with Gasteiger partial charge in [0.05, 0.1) is 0 Å². The summed E-state index contributed by atoms with van der Waals surface area (Å²) in [5, 5.41) is 6.77. The highest BCUT2D eigenvalue weighted by atomic mass is 79.9. The Labute approximate surface area is 98.8 Å². The van der Waals surface area contributed by atoms with E-state index in [4.69, 9.17) is 0 Å². The third-order valence-electron chi connectivity index (χ3n) is 2.77. The van der Waals surface area contributed by atoms with Crippen molar-refractivity contribution in [3.63, 3.8) is 0 Å². The molecule has 2 N–H and O–H groups in total. The molecule has 3 nitrogen and oxygen atoms in total. The molecule has 0 aliphatic carbocycles. The van der Waals surface area contributed by atoms with E-state index in [2.05, 4.69) is 44.5 Å². The van der Waals surface area contributed by atoms with Crippen LogP contribution in [0.2, 0.25) is 0 Å². The van der Waals surface area contributed by atoms with Crippen LogP contribution in [-0.4, -0.2) is 24.6 Å². The van der Waals surface area contributed by atoms with Gasteiger partial charge in [0, 0.05) is 17.2 Å². The summed E-state index contributed by atoms with van der Waals surface area (Å²) in [6, 6.07) is 2.09. The minimum atomic E-state index is 0.745. The van der Waals surface area contributed by atoms with Crippen molar-refractivity contribution in [1.29, 1.82) is 0 Å². The molecule has 2 heterocycles. The number of nitrogens with zero attached hydrogens (tertiary/aromatic N) is 1. The first kappa shape index (κ1) is 10.9. The fourth-order valence-electron chi connectivity index (χ4n) is 1.86. The Balaban J connectivity index is 1.92. The molecule has 15 heavy (non-hydrogen) atoms. The van der Waals surface area contributed by atoms with E-state index in [1.807, 2.05) is 6.20 Å². The molecule has 1 unspecified atom stereocenters. The number of anilines is 1. The monoisotopic (exact) mass is 269 g/mol. The van der Waals surface area contributed by atoms with Crippen LogP contribution in [0.1, 0.15) is 12.0 Å². The Hall–Kier alpha value is -0.610. The molecule has 1 fully saturated rings. The molecule has 0 saturated carbocycles. The molecule has 1 saturated heterocycles. The van der Waals surface area contributed by atoms with Gasteiger partial charge in [0.15, 0.2) is 0 Å². The number of hydrogen-bond acceptors (Lipinski definition) is 3. The molecule has 1 aromatic rings. The Morgan fingerprint density at radius 2 is 2.53 bits per heavy atom. The zero-order chi connectivity index (χ0) is 10.7. The molecule has 4 heteroatoms. The topological polar surface area (TPSA) is 37.0 Å². The van der Waals surface area contributed by atoms with Crippen LogP contribution in [0.15, 0.2) is 16.7 Å². The first-order valence-electron chi connectivity index (χ1n) is 5.32. The number of pyridine rings is 1. The highest BCUT2D eigenvalue weighted by molar-refractivity contribution is 9.10. The predicted octanol–water partition coefficient (Wildman–Crippen LogP) is 2.17. The van der Waals surface area contributed by atoms with Gasteiger partial charge in [0.25, 0.3) is 0 Å². The average molecular weight is 270 g/mol. The SMILES string of the molecule is Cc1cc(Br)cnc1NCC1CCNC1. The molecule has 82 valence electrons. The van der Waals surface area contributed by atoms with Gasteiger partial charge in [0.1, 0.15) is 5.82 Å². The van der Waals surface area contributed by atoms with E-state index >= 15 is 0 Å². The maximum Gasteiger partial charge on any atom is 0.128 e. The van der Waals surface area contributed by atoms with Crippen molar-refractivity contribution in [1.82, 2.24) is 10.3 Å². The Bertz CT molecular complexity index is 335. The van der Waals surface area contributed by atoms with Crippen molar-refractivity contribution in [3.8, 4) is 0 Å². The van der Waals surface area contributed by atoms with Crippen molar-refractivity contribution in [2.75, 3.05) is 25.0 Å². The fraction of sp³-hybridized carbons (Fsp3) is 0.545. The number of aromatic nitrogens is 1. The lowest BCUT2D eigenvalue weighted by Crippen LogP contribution is -2.18. The molecule has 0 radical (unpaired) electrons. The quantitative estimate of drug-likeness (QED) is 0.884. The Morgan fingerprint density at radius 3 is 3.20 bits per heavy atom. The number of rotatable bonds is 3. The number of aryl methyl sites for hydroxylation is 1. The molecule has 0 aromatic carbocycles. The van der Waals surface area contributed by atoms with Crippen molar-refractivity contribution >= 4 is 21.7 Å². The second-order valence-electron chi connectivity index (χ2n) is 4.06. The summed E-state index contributed by atoms with van der Waals surface area (Å²) in [5.74, 6) is 1.75. The van der Waals surface area contributed by atoms with Gasteiger partial charge in [0.2, 0.25) is 0 Å². The van der Waals surface area contributed by atoms with Gasteiger partial charge in [-0.2, -0.15) is 0 Å². The minimum Gasteiger partial charge on any atom is -0.370 e. The lowest BCUT2D eigenvalue weighted by molar-refractivity contribution is 0.614. The van der Waals surface area contributed by atoms with Crippen LogP contribution >= 0.6 is 15.9 Å². The minimum absolute atomic E-state index is 0.745. The summed E-state index contributed by atoms with van der Waals surface area (Å²) in [4.78, 5) is 4.36. The lowest BCUT2D eigenvalue weighted by Gasteiger charge is -2.12. The highest BCUT2D eigenvalue weighted by Crippen LogP contribution is 2.17.